The monoisotopic (exact) mass is 259 g/mol. The second kappa shape index (κ2) is 3.76. The Labute approximate surface area is 104 Å². The van der Waals surface area contributed by atoms with Crippen molar-refractivity contribution in [1.29, 1.82) is 0 Å². The smallest absolute Gasteiger partial charge is 0.282 e. The van der Waals surface area contributed by atoms with Crippen molar-refractivity contribution in [3.8, 4) is 0 Å². The summed E-state index contributed by atoms with van der Waals surface area (Å²) in [6, 6.07) is 14.0. The molecular weight excluding hydrogens is 250 g/mol. The highest BCUT2D eigenvalue weighted by Gasteiger charge is 2.15. The number of benzene rings is 2. The predicted molar refractivity (Wildman–Crippen MR) is 69.1 cm³/mol. The van der Waals surface area contributed by atoms with Gasteiger partial charge in [-0.15, -0.1) is 0 Å². The molecule has 1 aromatic heterocycles. The van der Waals surface area contributed by atoms with Gasteiger partial charge in [-0.1, -0.05) is 30.3 Å². The average Bonchev–Trinajstić information content (AvgIpc) is 2.34. The zero-order valence-electron chi connectivity index (χ0n) is 9.24. The third-order valence-electron chi connectivity index (χ3n) is 2.79. The molecule has 4 nitrogen and oxygen atoms in total. The lowest BCUT2D eigenvalue weighted by molar-refractivity contribution is 0.484. The first-order valence-corrected chi connectivity index (χ1v) is 6.76. The summed E-state index contributed by atoms with van der Waals surface area (Å²) < 4.78 is 31.8. The van der Waals surface area contributed by atoms with Crippen LogP contribution in [0.3, 0.4) is 0 Å². The van der Waals surface area contributed by atoms with Gasteiger partial charge in [0, 0.05) is 10.8 Å². The van der Waals surface area contributed by atoms with Crippen LogP contribution in [0.4, 0.5) is 0 Å². The molecule has 0 unspecified atom stereocenters. The molecule has 0 amide bonds. The molecule has 3 rings (SSSR count). The van der Waals surface area contributed by atoms with E-state index in [1.807, 2.05) is 24.3 Å². The van der Waals surface area contributed by atoms with Gasteiger partial charge in [0.1, 0.15) is 4.90 Å². The maximum Gasteiger partial charge on any atom is 0.296 e. The van der Waals surface area contributed by atoms with E-state index in [1.54, 1.807) is 18.2 Å². The number of hydrogen-bond acceptors (Lipinski definition) is 3. The van der Waals surface area contributed by atoms with Crippen LogP contribution in [0.25, 0.3) is 21.8 Å². The Kier molecular flexibility index (Phi) is 2.33. The van der Waals surface area contributed by atoms with Crippen molar-refractivity contribution in [2.75, 3.05) is 0 Å². The van der Waals surface area contributed by atoms with Crippen molar-refractivity contribution in [2.45, 2.75) is 4.90 Å². The molecule has 3 aromatic rings. The van der Waals surface area contributed by atoms with E-state index in [0.717, 1.165) is 5.39 Å². The first-order chi connectivity index (χ1) is 8.55. The lowest BCUT2D eigenvalue weighted by Crippen LogP contribution is -2.00. The first-order valence-electron chi connectivity index (χ1n) is 5.32. The Morgan fingerprint density at radius 1 is 0.944 bits per heavy atom. The molecular formula is C13H9NO3S. The Morgan fingerprint density at radius 3 is 2.44 bits per heavy atom. The van der Waals surface area contributed by atoms with Gasteiger partial charge < -0.3 is 0 Å². The Bertz CT molecular complexity index is 856. The maximum absolute atomic E-state index is 11.3. The van der Waals surface area contributed by atoms with Gasteiger partial charge in [0.15, 0.2) is 0 Å². The Hall–Kier alpha value is -1.98. The van der Waals surface area contributed by atoms with E-state index < -0.39 is 10.1 Å². The van der Waals surface area contributed by atoms with Crippen molar-refractivity contribution < 1.29 is 13.0 Å². The molecule has 0 atom stereocenters. The SMILES string of the molecule is O=S(=O)(O)c1cccc2cc3ccccc3nc12. The zero-order valence-corrected chi connectivity index (χ0v) is 10.1. The molecule has 1 N–H and O–H groups in total. The van der Waals surface area contributed by atoms with Crippen LogP contribution in [0.1, 0.15) is 0 Å². The van der Waals surface area contributed by atoms with Crippen LogP contribution in [0.5, 0.6) is 0 Å². The van der Waals surface area contributed by atoms with E-state index in [0.29, 0.717) is 16.4 Å². The number of para-hydroxylation sites is 2. The summed E-state index contributed by atoms with van der Waals surface area (Å²) in [6.07, 6.45) is 0. The van der Waals surface area contributed by atoms with Crippen molar-refractivity contribution in [2.24, 2.45) is 0 Å². The highest BCUT2D eigenvalue weighted by molar-refractivity contribution is 7.86. The third-order valence-corrected chi connectivity index (χ3v) is 3.67. The molecule has 0 aliphatic carbocycles. The number of nitrogens with zero attached hydrogens (tertiary/aromatic N) is 1. The lowest BCUT2D eigenvalue weighted by Gasteiger charge is -2.04. The average molecular weight is 259 g/mol. The minimum absolute atomic E-state index is 0.161. The van der Waals surface area contributed by atoms with E-state index in [1.165, 1.54) is 6.07 Å². The minimum atomic E-state index is -4.26. The first kappa shape index (κ1) is 11.1. The van der Waals surface area contributed by atoms with Gasteiger partial charge in [0.05, 0.1) is 11.0 Å². The van der Waals surface area contributed by atoms with Gasteiger partial charge in [-0.2, -0.15) is 8.42 Å². The summed E-state index contributed by atoms with van der Waals surface area (Å²) >= 11 is 0. The topological polar surface area (TPSA) is 67.3 Å². The molecule has 0 saturated carbocycles. The number of hydrogen-bond donors (Lipinski definition) is 1. The molecule has 2 aromatic carbocycles. The van der Waals surface area contributed by atoms with Gasteiger partial charge in [0.2, 0.25) is 0 Å². The maximum atomic E-state index is 11.3. The molecule has 0 fully saturated rings. The van der Waals surface area contributed by atoms with Crippen LogP contribution >= 0.6 is 0 Å². The van der Waals surface area contributed by atoms with Crippen LogP contribution < -0.4 is 0 Å². The fourth-order valence-electron chi connectivity index (χ4n) is 1.98. The summed E-state index contributed by atoms with van der Waals surface area (Å²) in [5.74, 6) is 0. The van der Waals surface area contributed by atoms with Crippen LogP contribution in [0.2, 0.25) is 0 Å². The van der Waals surface area contributed by atoms with Crippen molar-refractivity contribution >= 4 is 31.9 Å². The highest BCUT2D eigenvalue weighted by Crippen LogP contribution is 2.24. The van der Waals surface area contributed by atoms with Crippen LogP contribution in [-0.2, 0) is 10.1 Å². The summed E-state index contributed by atoms with van der Waals surface area (Å²) in [4.78, 5) is 4.14. The van der Waals surface area contributed by atoms with Gasteiger partial charge >= 0.3 is 0 Å². The van der Waals surface area contributed by atoms with E-state index in [-0.39, 0.29) is 4.90 Å². The number of fused-ring (bicyclic) bond motifs is 2. The predicted octanol–water partition coefficient (Wildman–Crippen LogP) is 2.63. The fourth-order valence-corrected chi connectivity index (χ4v) is 2.64. The normalized spacial score (nSPS) is 12.1. The number of rotatable bonds is 1. The molecule has 0 spiro atoms. The molecule has 90 valence electrons. The fraction of sp³-hybridized carbons (Fsp3) is 0. The van der Waals surface area contributed by atoms with Gasteiger partial charge in [-0.3, -0.25) is 4.55 Å². The second-order valence-corrected chi connectivity index (χ2v) is 5.37. The highest BCUT2D eigenvalue weighted by atomic mass is 32.2. The van der Waals surface area contributed by atoms with Gasteiger partial charge in [0.25, 0.3) is 10.1 Å². The standard InChI is InChI=1S/C13H9NO3S/c15-18(16,17)12-7-3-5-10-8-9-4-1-2-6-11(9)14-13(10)12/h1-8H,(H,15,16,17). The van der Waals surface area contributed by atoms with E-state index >= 15 is 0 Å². The summed E-state index contributed by atoms with van der Waals surface area (Å²) in [7, 11) is -4.26. The van der Waals surface area contributed by atoms with Crippen molar-refractivity contribution in [3.63, 3.8) is 0 Å². The Morgan fingerprint density at radius 2 is 1.67 bits per heavy atom. The summed E-state index contributed by atoms with van der Waals surface area (Å²) in [6.45, 7) is 0. The molecule has 0 aliphatic rings. The number of pyridine rings is 1. The largest absolute Gasteiger partial charge is 0.296 e. The van der Waals surface area contributed by atoms with E-state index in [9.17, 15) is 13.0 Å². The molecule has 1 heterocycles. The van der Waals surface area contributed by atoms with E-state index in [4.69, 9.17) is 0 Å². The molecule has 0 saturated heterocycles. The third kappa shape index (κ3) is 1.73. The van der Waals surface area contributed by atoms with Crippen LogP contribution in [0, 0.1) is 0 Å². The zero-order chi connectivity index (χ0) is 12.8. The number of aromatic nitrogens is 1. The van der Waals surface area contributed by atoms with Crippen molar-refractivity contribution in [1.82, 2.24) is 4.98 Å². The molecule has 18 heavy (non-hydrogen) atoms. The lowest BCUT2D eigenvalue weighted by atomic mass is 10.1. The van der Waals surface area contributed by atoms with Crippen LogP contribution in [0.15, 0.2) is 53.4 Å². The summed E-state index contributed by atoms with van der Waals surface area (Å²) in [5, 5.41) is 1.61. The van der Waals surface area contributed by atoms with E-state index in [2.05, 4.69) is 4.98 Å². The Balaban J connectivity index is 2.51. The van der Waals surface area contributed by atoms with Gasteiger partial charge in [-0.25, -0.2) is 4.98 Å². The molecule has 0 aliphatic heterocycles. The van der Waals surface area contributed by atoms with Gasteiger partial charge in [-0.05, 0) is 18.2 Å². The molecule has 5 heteroatoms. The quantitative estimate of drug-likeness (QED) is 0.539. The molecule has 0 radical (unpaired) electrons. The second-order valence-electron chi connectivity index (χ2n) is 3.98. The molecule has 0 bridgehead atoms. The minimum Gasteiger partial charge on any atom is -0.282 e. The van der Waals surface area contributed by atoms with Crippen molar-refractivity contribution in [3.05, 3.63) is 48.5 Å². The summed E-state index contributed by atoms with van der Waals surface area (Å²) in [5.41, 5.74) is 0.986. The van der Waals surface area contributed by atoms with Crippen LogP contribution in [-0.4, -0.2) is 18.0 Å².